The average molecular weight is 866 g/mol. The molecular weight excluding hydrogens is 795 g/mol. The summed E-state index contributed by atoms with van der Waals surface area (Å²) in [7, 11) is 4.63. The highest BCUT2D eigenvalue weighted by Gasteiger charge is 2.46. The van der Waals surface area contributed by atoms with Crippen LogP contribution in [0.3, 0.4) is 0 Å². The van der Waals surface area contributed by atoms with Crippen molar-refractivity contribution in [3.05, 3.63) is 121 Å². The van der Waals surface area contributed by atoms with Gasteiger partial charge in [0.25, 0.3) is 0 Å². The van der Waals surface area contributed by atoms with Gasteiger partial charge in [-0.1, -0.05) is 124 Å². The first-order valence-corrected chi connectivity index (χ1v) is 21.4. The zero-order chi connectivity index (χ0) is 45.8. The molecule has 13 nitrogen and oxygen atoms in total. The highest BCUT2D eigenvalue weighted by molar-refractivity contribution is 5.82. The minimum Gasteiger partial charge on any atom is -0.458 e. The van der Waals surface area contributed by atoms with Gasteiger partial charge >= 0.3 is 5.97 Å². The molecule has 15 atom stereocenters. The molecule has 1 saturated heterocycles. The number of ether oxygens (including phenoxy) is 6. The van der Waals surface area contributed by atoms with Crippen molar-refractivity contribution >= 4 is 12.0 Å². The number of hydrogen-bond donors (Lipinski definition) is 4. The predicted octanol–water partition coefficient (Wildman–Crippen LogP) is 6.88. The Morgan fingerprint density at radius 2 is 1.42 bits per heavy atom. The van der Waals surface area contributed by atoms with Crippen molar-refractivity contribution in [2.75, 3.05) is 21.3 Å². The van der Waals surface area contributed by atoms with Gasteiger partial charge in [0.05, 0.1) is 42.5 Å². The van der Waals surface area contributed by atoms with Gasteiger partial charge in [0.15, 0.2) is 12.2 Å². The minimum atomic E-state index is -0.903. The summed E-state index contributed by atoms with van der Waals surface area (Å²) < 4.78 is 41.4. The molecule has 4 N–H and O–H groups in total. The molecule has 0 radical (unpaired) electrons. The maximum Gasteiger partial charge on any atom is 0.331 e. The summed E-state index contributed by atoms with van der Waals surface area (Å²) >= 11 is 0. The monoisotopic (exact) mass is 865 g/mol. The molecule has 62 heavy (non-hydrogen) atoms. The van der Waals surface area contributed by atoms with Crippen LogP contribution < -0.4 is 0 Å². The molecule has 0 aliphatic carbocycles. The number of carbonyl (C=O) groups excluding carboxylic acids is 1. The van der Waals surface area contributed by atoms with E-state index in [1.54, 1.807) is 76.7 Å². The van der Waals surface area contributed by atoms with Crippen LogP contribution in [0.1, 0.15) is 78.8 Å². The maximum atomic E-state index is 13.0. The molecule has 0 unspecified atom stereocenters. The predicted molar refractivity (Wildman–Crippen MR) is 240 cm³/mol. The fourth-order valence-electron chi connectivity index (χ4n) is 7.36. The van der Waals surface area contributed by atoms with Gasteiger partial charge < -0.3 is 53.3 Å². The molecule has 13 heteroatoms. The van der Waals surface area contributed by atoms with E-state index in [9.17, 15) is 25.2 Å². The Bertz CT molecular complexity index is 1750. The lowest BCUT2D eigenvalue weighted by Gasteiger charge is -2.43. The molecule has 2 aliphatic rings. The molecule has 2 aliphatic heterocycles. The number of rotatable bonds is 9. The number of methoxy groups -OCH3 is 3. The largest absolute Gasteiger partial charge is 0.458 e. The van der Waals surface area contributed by atoms with E-state index >= 15 is 0 Å². The van der Waals surface area contributed by atoms with Gasteiger partial charge in [-0.05, 0) is 33.3 Å². The van der Waals surface area contributed by atoms with E-state index in [1.165, 1.54) is 20.3 Å². The zero-order valence-corrected chi connectivity index (χ0v) is 38.0. The maximum absolute atomic E-state index is 13.0. The van der Waals surface area contributed by atoms with Crippen LogP contribution in [0.25, 0.3) is 6.08 Å². The second-order valence-corrected chi connectivity index (χ2v) is 16.2. The molecule has 3 rings (SSSR count). The van der Waals surface area contributed by atoms with Gasteiger partial charge in [0.1, 0.15) is 36.4 Å². The Morgan fingerprint density at radius 1 is 0.790 bits per heavy atom. The van der Waals surface area contributed by atoms with Crippen molar-refractivity contribution in [3.8, 4) is 0 Å². The van der Waals surface area contributed by atoms with E-state index in [4.69, 9.17) is 32.8 Å². The lowest BCUT2D eigenvalue weighted by molar-refractivity contribution is -0.310. The second kappa shape index (κ2) is 27.2. The summed E-state index contributed by atoms with van der Waals surface area (Å²) in [5.74, 6) is -1.26. The summed E-state index contributed by atoms with van der Waals surface area (Å²) in [5, 5.41) is 42.3. The summed E-state index contributed by atoms with van der Waals surface area (Å²) in [6.45, 7) is 13.0. The second-order valence-electron chi connectivity index (χ2n) is 16.2. The Hall–Kier alpha value is -4.02. The van der Waals surface area contributed by atoms with Crippen LogP contribution in [-0.2, 0) is 33.2 Å². The summed E-state index contributed by atoms with van der Waals surface area (Å²) in [6.07, 6.45) is 24.8. The van der Waals surface area contributed by atoms with Gasteiger partial charge in [-0.15, -0.1) is 0 Å². The Kier molecular flexibility index (Phi) is 23.0. The van der Waals surface area contributed by atoms with Crippen LogP contribution in [0.15, 0.2) is 113 Å². The first-order chi connectivity index (χ1) is 29.6. The van der Waals surface area contributed by atoms with E-state index in [2.05, 4.69) is 11.1 Å². The highest BCUT2D eigenvalue weighted by Crippen LogP contribution is 2.30. The highest BCUT2D eigenvalue weighted by atomic mass is 16.7. The quantitative estimate of drug-likeness (QED) is 0.189. The fraction of sp³-hybridized carbons (Fsp3) is 0.551. The molecule has 3 heterocycles. The number of allylic oxidation sites excluding steroid dienone is 12. The van der Waals surface area contributed by atoms with Gasteiger partial charge in [0, 0.05) is 51.6 Å². The van der Waals surface area contributed by atoms with E-state index in [-0.39, 0.29) is 30.3 Å². The molecule has 344 valence electrons. The van der Waals surface area contributed by atoms with Crippen LogP contribution in [-0.4, -0.2) is 120 Å². The molecule has 0 saturated carbocycles. The molecule has 1 fully saturated rings. The minimum absolute atomic E-state index is 0.141. The SMILES string of the molecule is CO[C@H]1[C@@H](O[C@H]2/C=C\C=C\c3coc(n3)[C@H](C)[C@H](OC)C[C@@H](O)/C=C/C=C/C=C\[C@H](C)[C@@H]([C@@H](C)[C@@H](O)C[C@@H](C)O)OC(=O)\C=C/C=C/C=C\C(C)=C\[C@H]2C)O[C@H](C)[C@@H](O)[C@@H]1OC. The molecule has 2 bridgehead atoms. The van der Waals surface area contributed by atoms with Crippen LogP contribution in [0, 0.1) is 17.8 Å². The van der Waals surface area contributed by atoms with Crippen LogP contribution in [0.5, 0.6) is 0 Å². The van der Waals surface area contributed by atoms with Crippen molar-refractivity contribution in [2.45, 2.75) is 135 Å². The fourth-order valence-corrected chi connectivity index (χ4v) is 7.36. The van der Waals surface area contributed by atoms with Gasteiger partial charge in [0.2, 0.25) is 0 Å². The third-order valence-corrected chi connectivity index (χ3v) is 11.1. The number of fused-ring (bicyclic) bond motifs is 2. The molecular formula is C49H71NO12. The Morgan fingerprint density at radius 3 is 2.08 bits per heavy atom. The van der Waals surface area contributed by atoms with Gasteiger partial charge in [-0.25, -0.2) is 9.78 Å². The number of nitrogens with zero attached hydrogens (tertiary/aromatic N) is 1. The first kappa shape index (κ1) is 52.3. The number of aromatic nitrogens is 1. The lowest BCUT2D eigenvalue weighted by Crippen LogP contribution is -2.59. The van der Waals surface area contributed by atoms with Gasteiger partial charge in [-0.2, -0.15) is 0 Å². The topological polar surface area (TPSA) is 179 Å². The van der Waals surface area contributed by atoms with Gasteiger partial charge in [-0.3, -0.25) is 0 Å². The van der Waals surface area contributed by atoms with E-state index in [1.807, 2.05) is 76.3 Å². The van der Waals surface area contributed by atoms with Crippen molar-refractivity contribution in [3.63, 3.8) is 0 Å². The number of aliphatic hydroxyl groups excluding tert-OH is 4. The van der Waals surface area contributed by atoms with E-state index < -0.39 is 73.1 Å². The third kappa shape index (κ3) is 16.9. The Balaban J connectivity index is 1.96. The number of aliphatic hydroxyl groups is 4. The standard InChI is InChI=1S/C49H71NO12/c1-31-21-15-11-14-18-26-43(54)62-45(35(5)40(53)28-34(4)51)32(2)22-16-12-13-17-24-39(52)29-42(56-8)36(6)48-50-38(30-59-48)23-19-20-25-41(33(3)27-31)61-49-47(58-10)46(57-9)44(55)37(7)60-49/h11-27,30,32-37,39-42,44-47,49,51-53,55H,28-29H2,1-10H3/b13-12+,14-11+,21-15-,22-16-,23-19+,24-17+,25-20-,26-18-,31-27+/t32-,33+,34+,35-,36+,37+,39-,40-,41-,42+,44+,45-,46-,47+,49+/m0/s1. The molecule has 0 spiro atoms. The Labute approximate surface area is 368 Å². The van der Waals surface area contributed by atoms with E-state index in [0.29, 0.717) is 18.0 Å². The number of oxazole rings is 1. The molecule has 0 aromatic carbocycles. The summed E-state index contributed by atoms with van der Waals surface area (Å²) in [6, 6.07) is 0. The van der Waals surface area contributed by atoms with E-state index in [0.717, 1.165) is 5.57 Å². The average Bonchev–Trinajstić information content (AvgIpc) is 3.71. The lowest BCUT2D eigenvalue weighted by atomic mass is 9.86. The first-order valence-electron chi connectivity index (χ1n) is 21.4. The normalized spacial score (nSPS) is 37.7. The summed E-state index contributed by atoms with van der Waals surface area (Å²) in [5.41, 5.74) is 1.56. The smallest absolute Gasteiger partial charge is 0.331 e. The van der Waals surface area contributed by atoms with Crippen molar-refractivity contribution < 1.29 is 58.1 Å². The number of cyclic esters (lactones) is 1. The van der Waals surface area contributed by atoms with Crippen LogP contribution >= 0.6 is 0 Å². The third-order valence-electron chi connectivity index (χ3n) is 11.1. The number of esters is 1. The van der Waals surface area contributed by atoms with Crippen LogP contribution in [0.2, 0.25) is 0 Å². The van der Waals surface area contributed by atoms with Crippen LogP contribution in [0.4, 0.5) is 0 Å². The molecule has 1 aromatic heterocycles. The number of hydrogen-bond acceptors (Lipinski definition) is 13. The summed E-state index contributed by atoms with van der Waals surface area (Å²) in [4.78, 5) is 17.7. The van der Waals surface area contributed by atoms with Crippen molar-refractivity contribution in [1.29, 1.82) is 0 Å². The van der Waals surface area contributed by atoms with Crippen molar-refractivity contribution in [2.24, 2.45) is 17.8 Å². The molecule has 1 aromatic rings. The molecule has 0 amide bonds. The van der Waals surface area contributed by atoms with Crippen molar-refractivity contribution in [1.82, 2.24) is 4.98 Å². The zero-order valence-electron chi connectivity index (χ0n) is 38.0. The number of carbonyl (C=O) groups is 1.